The maximum absolute atomic E-state index is 11.9. The summed E-state index contributed by atoms with van der Waals surface area (Å²) in [6, 6.07) is 1.90. The summed E-state index contributed by atoms with van der Waals surface area (Å²) < 4.78 is 6.65. The first-order valence-electron chi connectivity index (χ1n) is 5.68. The van der Waals surface area contributed by atoms with Crippen molar-refractivity contribution in [3.8, 4) is 0 Å². The first-order chi connectivity index (χ1) is 8.00. The van der Waals surface area contributed by atoms with Gasteiger partial charge in [-0.3, -0.25) is 4.79 Å². The van der Waals surface area contributed by atoms with E-state index < -0.39 is 0 Å². The van der Waals surface area contributed by atoms with Crippen molar-refractivity contribution in [3.05, 3.63) is 20.3 Å². The van der Waals surface area contributed by atoms with Gasteiger partial charge in [-0.2, -0.15) is 0 Å². The van der Waals surface area contributed by atoms with Crippen LogP contribution in [0, 0.1) is 6.92 Å². The first-order valence-corrected chi connectivity index (χ1v) is 7.29. The van der Waals surface area contributed by atoms with Crippen molar-refractivity contribution in [3.63, 3.8) is 0 Å². The largest absolute Gasteiger partial charge is 0.373 e. The van der Waals surface area contributed by atoms with Gasteiger partial charge < -0.3 is 10.1 Å². The molecule has 1 amide bonds. The molecule has 1 aromatic rings. The predicted molar refractivity (Wildman–Crippen MR) is 72.7 cm³/mol. The Balaban J connectivity index is 1.93. The lowest BCUT2D eigenvalue weighted by atomic mass is 10.0. The average molecular weight is 318 g/mol. The van der Waals surface area contributed by atoms with Crippen molar-refractivity contribution in [1.29, 1.82) is 0 Å². The first kappa shape index (κ1) is 13.1. The maximum atomic E-state index is 11.9. The molecule has 0 aliphatic carbocycles. The molecule has 1 aliphatic rings. The number of thiophene rings is 1. The Morgan fingerprint density at radius 3 is 3.00 bits per heavy atom. The molecule has 0 radical (unpaired) electrons. The van der Waals surface area contributed by atoms with Crippen molar-refractivity contribution in [2.75, 3.05) is 13.2 Å². The fourth-order valence-electron chi connectivity index (χ4n) is 1.90. The summed E-state index contributed by atoms with van der Waals surface area (Å²) in [7, 11) is 0. The van der Waals surface area contributed by atoms with E-state index in [4.69, 9.17) is 4.74 Å². The van der Waals surface area contributed by atoms with Crippen LogP contribution in [-0.2, 0) is 4.74 Å². The highest BCUT2D eigenvalue weighted by Gasteiger charge is 2.30. The summed E-state index contributed by atoms with van der Waals surface area (Å²) in [5, 5.41) is 2.95. The summed E-state index contributed by atoms with van der Waals surface area (Å²) in [4.78, 5) is 12.7. The highest BCUT2D eigenvalue weighted by atomic mass is 79.9. The molecule has 0 bridgehead atoms. The zero-order chi connectivity index (χ0) is 12.5. The minimum atomic E-state index is -0.181. The molecule has 1 atom stereocenters. The fraction of sp³-hybridized carbons (Fsp3) is 0.583. The number of hydrogen-bond acceptors (Lipinski definition) is 3. The highest BCUT2D eigenvalue weighted by molar-refractivity contribution is 9.11. The Labute approximate surface area is 114 Å². The zero-order valence-corrected chi connectivity index (χ0v) is 12.4. The fourth-order valence-corrected chi connectivity index (χ4v) is 3.35. The molecule has 1 saturated heterocycles. The van der Waals surface area contributed by atoms with Gasteiger partial charge in [0.1, 0.15) is 0 Å². The van der Waals surface area contributed by atoms with E-state index in [1.807, 2.05) is 13.0 Å². The Hall–Kier alpha value is -0.390. The lowest BCUT2D eigenvalue weighted by Crippen LogP contribution is -2.39. The second kappa shape index (κ2) is 5.08. The van der Waals surface area contributed by atoms with Crippen molar-refractivity contribution >= 4 is 33.2 Å². The van der Waals surface area contributed by atoms with Crippen LogP contribution in [0.5, 0.6) is 0 Å². The van der Waals surface area contributed by atoms with Crippen LogP contribution < -0.4 is 5.32 Å². The molecule has 17 heavy (non-hydrogen) atoms. The zero-order valence-electron chi connectivity index (χ0n) is 10.0. The number of aryl methyl sites for hydroxylation is 1. The van der Waals surface area contributed by atoms with E-state index in [2.05, 4.69) is 28.2 Å². The molecule has 2 heterocycles. The van der Waals surface area contributed by atoms with Gasteiger partial charge in [0.25, 0.3) is 5.91 Å². The molecule has 1 aliphatic heterocycles. The standard InChI is InChI=1S/C12H16BrNO2S/c1-8-6-9(17-10(8)13)11(15)14-7-12(2)4-3-5-16-12/h6H,3-5,7H2,1-2H3,(H,14,15). The molecule has 0 aromatic carbocycles. The molecule has 94 valence electrons. The summed E-state index contributed by atoms with van der Waals surface area (Å²) in [6.45, 7) is 5.42. The Morgan fingerprint density at radius 2 is 2.47 bits per heavy atom. The summed E-state index contributed by atoms with van der Waals surface area (Å²) in [5.41, 5.74) is 0.919. The number of hydrogen-bond donors (Lipinski definition) is 1. The minimum Gasteiger partial charge on any atom is -0.373 e. The summed E-state index contributed by atoms with van der Waals surface area (Å²) in [5.74, 6) is -0.0134. The Kier molecular flexibility index (Phi) is 3.90. The summed E-state index contributed by atoms with van der Waals surface area (Å²) >= 11 is 4.89. The van der Waals surface area contributed by atoms with Crippen LogP contribution in [0.3, 0.4) is 0 Å². The van der Waals surface area contributed by atoms with Crippen LogP contribution in [0.1, 0.15) is 35.0 Å². The molecule has 1 fully saturated rings. The van der Waals surface area contributed by atoms with E-state index in [1.54, 1.807) is 0 Å². The quantitative estimate of drug-likeness (QED) is 0.930. The van der Waals surface area contributed by atoms with E-state index in [1.165, 1.54) is 11.3 Å². The smallest absolute Gasteiger partial charge is 0.261 e. The van der Waals surface area contributed by atoms with E-state index in [0.29, 0.717) is 6.54 Å². The number of amides is 1. The van der Waals surface area contributed by atoms with Crippen LogP contribution in [0.15, 0.2) is 9.85 Å². The van der Waals surface area contributed by atoms with E-state index in [9.17, 15) is 4.79 Å². The molecule has 3 nitrogen and oxygen atoms in total. The monoisotopic (exact) mass is 317 g/mol. The van der Waals surface area contributed by atoms with Gasteiger partial charge in [0.15, 0.2) is 0 Å². The van der Waals surface area contributed by atoms with E-state index in [-0.39, 0.29) is 11.5 Å². The molecular formula is C12H16BrNO2S. The topological polar surface area (TPSA) is 38.3 Å². The van der Waals surface area contributed by atoms with Gasteiger partial charge in [0.05, 0.1) is 14.3 Å². The van der Waals surface area contributed by atoms with Crippen LogP contribution in [0.2, 0.25) is 0 Å². The molecule has 0 spiro atoms. The number of rotatable bonds is 3. The normalized spacial score (nSPS) is 23.9. The second-order valence-corrected chi connectivity index (χ2v) is 7.02. The van der Waals surface area contributed by atoms with Crippen molar-refractivity contribution in [2.45, 2.75) is 32.3 Å². The summed E-state index contributed by atoms with van der Waals surface area (Å²) in [6.07, 6.45) is 2.09. The van der Waals surface area contributed by atoms with Crippen LogP contribution >= 0.6 is 27.3 Å². The highest BCUT2D eigenvalue weighted by Crippen LogP contribution is 2.28. The number of carbonyl (C=O) groups is 1. The maximum Gasteiger partial charge on any atom is 0.261 e. The van der Waals surface area contributed by atoms with Crippen molar-refractivity contribution < 1.29 is 9.53 Å². The molecule has 1 aromatic heterocycles. The molecule has 0 saturated carbocycles. The minimum absolute atomic E-state index is 0.0134. The van der Waals surface area contributed by atoms with Crippen molar-refractivity contribution in [2.24, 2.45) is 0 Å². The third kappa shape index (κ3) is 3.09. The molecule has 5 heteroatoms. The molecule has 1 unspecified atom stereocenters. The van der Waals surface area contributed by atoms with Gasteiger partial charge in [0.2, 0.25) is 0 Å². The van der Waals surface area contributed by atoms with Gasteiger partial charge in [-0.05, 0) is 54.2 Å². The molecule has 2 rings (SSSR count). The van der Waals surface area contributed by atoms with Crippen LogP contribution in [-0.4, -0.2) is 24.7 Å². The Bertz CT molecular complexity index is 405. The van der Waals surface area contributed by atoms with Crippen LogP contribution in [0.25, 0.3) is 0 Å². The SMILES string of the molecule is Cc1cc(C(=O)NCC2(C)CCCO2)sc1Br. The lowest BCUT2D eigenvalue weighted by Gasteiger charge is -2.23. The lowest BCUT2D eigenvalue weighted by molar-refractivity contribution is 0.0206. The third-order valence-corrected chi connectivity index (χ3v) is 5.14. The number of nitrogens with one attached hydrogen (secondary N) is 1. The predicted octanol–water partition coefficient (Wildman–Crippen LogP) is 3.12. The van der Waals surface area contributed by atoms with Crippen LogP contribution in [0.4, 0.5) is 0 Å². The molecule has 1 N–H and O–H groups in total. The van der Waals surface area contributed by atoms with Crippen molar-refractivity contribution in [1.82, 2.24) is 5.32 Å². The number of carbonyl (C=O) groups excluding carboxylic acids is 1. The third-order valence-electron chi connectivity index (χ3n) is 3.00. The van der Waals surface area contributed by atoms with Gasteiger partial charge in [-0.25, -0.2) is 0 Å². The van der Waals surface area contributed by atoms with E-state index in [0.717, 1.165) is 33.7 Å². The Morgan fingerprint density at radius 1 is 1.71 bits per heavy atom. The van der Waals surface area contributed by atoms with Gasteiger partial charge in [-0.15, -0.1) is 11.3 Å². The average Bonchev–Trinajstić information content (AvgIpc) is 2.85. The van der Waals surface area contributed by atoms with Gasteiger partial charge in [0, 0.05) is 13.2 Å². The molecular weight excluding hydrogens is 302 g/mol. The van der Waals surface area contributed by atoms with Gasteiger partial charge >= 0.3 is 0 Å². The number of ether oxygens (including phenoxy) is 1. The number of halogens is 1. The second-order valence-electron chi connectivity index (χ2n) is 4.65. The van der Waals surface area contributed by atoms with E-state index >= 15 is 0 Å². The van der Waals surface area contributed by atoms with Gasteiger partial charge in [-0.1, -0.05) is 0 Å².